The molecule has 3 fully saturated rings. The van der Waals surface area contributed by atoms with Crippen LogP contribution in [0.1, 0.15) is 76.5 Å². The lowest BCUT2D eigenvalue weighted by atomic mass is 9.87. The molecule has 1 aromatic carbocycles. The minimum absolute atomic E-state index is 0.00270. The third-order valence-corrected chi connectivity index (χ3v) is 7.98. The van der Waals surface area contributed by atoms with Crippen LogP contribution in [0.5, 0.6) is 0 Å². The predicted molar refractivity (Wildman–Crippen MR) is 138 cm³/mol. The third-order valence-electron chi connectivity index (χ3n) is 7.98. The number of pyridine rings is 1. The Bertz CT molecular complexity index is 1040. The summed E-state index contributed by atoms with van der Waals surface area (Å²) in [6.45, 7) is 7.41. The predicted octanol–water partition coefficient (Wildman–Crippen LogP) is 4.51. The largest absolute Gasteiger partial charge is 0.351 e. The molecule has 2 saturated carbocycles. The molecule has 4 atom stereocenters. The Morgan fingerprint density at radius 2 is 1.83 bits per heavy atom. The number of rotatable bonds is 6. The van der Waals surface area contributed by atoms with E-state index in [-0.39, 0.29) is 29.3 Å². The molecule has 2 aromatic rings. The molecule has 2 amide bonds. The lowest BCUT2D eigenvalue weighted by molar-refractivity contribution is -0.128. The van der Waals surface area contributed by atoms with Gasteiger partial charge in [0.15, 0.2) is 0 Å². The summed E-state index contributed by atoms with van der Waals surface area (Å²) in [7, 11) is 0. The molecule has 35 heavy (non-hydrogen) atoms. The molecule has 5 rings (SSSR count). The van der Waals surface area contributed by atoms with Crippen LogP contribution in [0, 0.1) is 11.8 Å². The second-order valence-electron chi connectivity index (χ2n) is 11.6. The van der Waals surface area contributed by atoms with Crippen LogP contribution in [-0.4, -0.2) is 35.4 Å². The van der Waals surface area contributed by atoms with Crippen molar-refractivity contribution in [2.45, 2.75) is 82.8 Å². The molecule has 2 N–H and O–H groups in total. The van der Waals surface area contributed by atoms with Gasteiger partial charge in [-0.15, -0.1) is 0 Å². The Labute approximate surface area is 208 Å². The fourth-order valence-electron chi connectivity index (χ4n) is 5.77. The van der Waals surface area contributed by atoms with Crippen molar-refractivity contribution in [3.8, 4) is 0 Å². The van der Waals surface area contributed by atoms with Crippen molar-refractivity contribution in [1.29, 1.82) is 0 Å². The quantitative estimate of drug-likeness (QED) is 0.646. The van der Waals surface area contributed by atoms with Crippen molar-refractivity contribution in [2.24, 2.45) is 11.8 Å². The average Bonchev–Trinajstić information content (AvgIpc) is 3.51. The summed E-state index contributed by atoms with van der Waals surface area (Å²) in [6.07, 6.45) is 9.99. The first-order chi connectivity index (χ1) is 16.8. The molecular formula is C29H38N4O2. The van der Waals surface area contributed by atoms with E-state index in [1.807, 2.05) is 24.3 Å². The van der Waals surface area contributed by atoms with Gasteiger partial charge in [0, 0.05) is 29.7 Å². The highest BCUT2D eigenvalue weighted by atomic mass is 16.2. The highest BCUT2D eigenvalue weighted by Gasteiger charge is 2.53. The molecule has 1 saturated heterocycles. The zero-order valence-corrected chi connectivity index (χ0v) is 21.2. The van der Waals surface area contributed by atoms with Gasteiger partial charge < -0.3 is 10.6 Å². The van der Waals surface area contributed by atoms with Gasteiger partial charge in [0.25, 0.3) is 0 Å². The Balaban J connectivity index is 1.53. The van der Waals surface area contributed by atoms with E-state index in [0.717, 1.165) is 49.9 Å². The van der Waals surface area contributed by atoms with Crippen molar-refractivity contribution in [2.75, 3.05) is 11.4 Å². The lowest BCUT2D eigenvalue weighted by Gasteiger charge is -2.35. The van der Waals surface area contributed by atoms with E-state index in [2.05, 4.69) is 48.5 Å². The van der Waals surface area contributed by atoms with Crippen molar-refractivity contribution in [3.05, 3.63) is 59.9 Å². The van der Waals surface area contributed by atoms with Crippen LogP contribution >= 0.6 is 0 Å². The van der Waals surface area contributed by atoms with Gasteiger partial charge in [-0.1, -0.05) is 58.2 Å². The molecule has 2 heterocycles. The van der Waals surface area contributed by atoms with Gasteiger partial charge in [0.1, 0.15) is 6.04 Å². The topological polar surface area (TPSA) is 74.3 Å². The van der Waals surface area contributed by atoms with Crippen LogP contribution in [0.2, 0.25) is 0 Å². The molecule has 4 unspecified atom stereocenters. The molecule has 1 aromatic heterocycles. The number of nitrogens with one attached hydrogen (secondary N) is 2. The normalized spacial score (nSPS) is 24.9. The number of hydrogen-bond acceptors (Lipinski definition) is 4. The van der Waals surface area contributed by atoms with Gasteiger partial charge in [0.05, 0.1) is 6.04 Å². The van der Waals surface area contributed by atoms with E-state index in [0.29, 0.717) is 11.8 Å². The Kier molecular flexibility index (Phi) is 6.67. The Morgan fingerprint density at radius 1 is 1.09 bits per heavy atom. The van der Waals surface area contributed by atoms with Crippen molar-refractivity contribution < 1.29 is 9.59 Å². The zero-order chi connectivity index (χ0) is 24.6. The first-order valence-corrected chi connectivity index (χ1v) is 13.2. The molecule has 6 nitrogen and oxygen atoms in total. The van der Waals surface area contributed by atoms with Gasteiger partial charge in [-0.25, -0.2) is 0 Å². The summed E-state index contributed by atoms with van der Waals surface area (Å²) in [4.78, 5) is 34.1. The molecule has 2 aliphatic carbocycles. The number of carbonyl (C=O) groups is 2. The van der Waals surface area contributed by atoms with Crippen LogP contribution < -0.4 is 15.5 Å². The molecule has 186 valence electrons. The summed E-state index contributed by atoms with van der Waals surface area (Å²) in [6, 6.07) is 11.0. The molecule has 1 aliphatic heterocycles. The van der Waals surface area contributed by atoms with Crippen LogP contribution in [0.25, 0.3) is 0 Å². The fourth-order valence-corrected chi connectivity index (χ4v) is 5.77. The summed E-state index contributed by atoms with van der Waals surface area (Å²) in [5.41, 5.74) is 2.68. The van der Waals surface area contributed by atoms with Crippen molar-refractivity contribution in [1.82, 2.24) is 15.6 Å². The van der Waals surface area contributed by atoms with Crippen LogP contribution in [0.15, 0.2) is 48.8 Å². The maximum absolute atomic E-state index is 14.1. The number of benzene rings is 1. The number of anilines is 1. The Hall–Kier alpha value is -2.73. The van der Waals surface area contributed by atoms with E-state index in [1.54, 1.807) is 17.3 Å². The number of carbonyl (C=O) groups excluding carboxylic acids is 2. The van der Waals surface area contributed by atoms with Gasteiger partial charge >= 0.3 is 0 Å². The van der Waals surface area contributed by atoms with E-state index < -0.39 is 6.04 Å². The zero-order valence-electron chi connectivity index (χ0n) is 21.2. The molecule has 0 bridgehead atoms. The first-order valence-electron chi connectivity index (χ1n) is 13.2. The number of piperidine rings is 1. The average molecular weight is 475 g/mol. The lowest BCUT2D eigenvalue weighted by Crippen LogP contribution is -2.52. The molecule has 6 heteroatoms. The highest BCUT2D eigenvalue weighted by Crippen LogP contribution is 2.46. The van der Waals surface area contributed by atoms with Gasteiger partial charge in [-0.3, -0.25) is 19.5 Å². The molecule has 3 aliphatic rings. The summed E-state index contributed by atoms with van der Waals surface area (Å²) in [5, 5.41) is 6.72. The molecule has 0 spiro atoms. The van der Waals surface area contributed by atoms with E-state index in [9.17, 15) is 9.59 Å². The maximum atomic E-state index is 14.1. The van der Waals surface area contributed by atoms with Crippen molar-refractivity contribution >= 4 is 17.5 Å². The smallest absolute Gasteiger partial charge is 0.248 e. The summed E-state index contributed by atoms with van der Waals surface area (Å²) in [5.74, 6) is 0.812. The van der Waals surface area contributed by atoms with Crippen LogP contribution in [0.3, 0.4) is 0 Å². The standard InChI is InChI=1S/C29H38N4O2/c1-29(2,3)21-11-13-23(14-12-21)33(28(35)25-24-16-20(24)18-31-25)26(19-8-7-15-30-17-19)27(34)32-22-9-5-4-6-10-22/h7-8,11-15,17,20,22,24-26,31H,4-6,9-10,16,18H2,1-3H3,(H,32,34). The highest BCUT2D eigenvalue weighted by molar-refractivity contribution is 6.04. The van der Waals surface area contributed by atoms with Gasteiger partial charge in [-0.2, -0.15) is 0 Å². The summed E-state index contributed by atoms with van der Waals surface area (Å²) < 4.78 is 0. The van der Waals surface area contributed by atoms with Gasteiger partial charge in [0.2, 0.25) is 11.8 Å². The second-order valence-corrected chi connectivity index (χ2v) is 11.6. The third kappa shape index (κ3) is 5.13. The van der Waals surface area contributed by atoms with Crippen LogP contribution in [-0.2, 0) is 15.0 Å². The minimum Gasteiger partial charge on any atom is -0.351 e. The van der Waals surface area contributed by atoms with Crippen LogP contribution in [0.4, 0.5) is 5.69 Å². The van der Waals surface area contributed by atoms with E-state index in [1.165, 1.54) is 12.0 Å². The van der Waals surface area contributed by atoms with E-state index in [4.69, 9.17) is 0 Å². The number of aromatic nitrogens is 1. The second kappa shape index (κ2) is 9.73. The maximum Gasteiger partial charge on any atom is 0.248 e. The first kappa shape index (κ1) is 24.0. The molecule has 0 radical (unpaired) electrons. The number of nitrogens with zero attached hydrogens (tertiary/aromatic N) is 2. The number of fused-ring (bicyclic) bond motifs is 1. The number of amides is 2. The van der Waals surface area contributed by atoms with E-state index >= 15 is 0 Å². The molecular weight excluding hydrogens is 436 g/mol. The van der Waals surface area contributed by atoms with Crippen molar-refractivity contribution in [3.63, 3.8) is 0 Å². The fraction of sp³-hybridized carbons (Fsp3) is 0.552. The summed E-state index contributed by atoms with van der Waals surface area (Å²) >= 11 is 0. The SMILES string of the molecule is CC(C)(C)c1ccc(N(C(=O)C2NCC3CC32)C(C(=O)NC2CCCCC2)c2cccnc2)cc1. The van der Waals surface area contributed by atoms with Gasteiger partial charge in [-0.05, 0) is 66.8 Å². The number of hydrogen-bond donors (Lipinski definition) is 2. The minimum atomic E-state index is -0.766. The Morgan fingerprint density at radius 3 is 2.40 bits per heavy atom. The monoisotopic (exact) mass is 474 g/mol.